The van der Waals surface area contributed by atoms with Crippen molar-refractivity contribution in [3.63, 3.8) is 0 Å². The predicted molar refractivity (Wildman–Crippen MR) is 112 cm³/mol. The number of carbonyl (C=O) groups is 1. The van der Waals surface area contributed by atoms with Crippen LogP contribution in [0.5, 0.6) is 0 Å². The fourth-order valence-electron chi connectivity index (χ4n) is 3.11. The number of hydrogen-bond acceptors (Lipinski definition) is 6. The highest BCUT2D eigenvalue weighted by atomic mass is 32.2. The summed E-state index contributed by atoms with van der Waals surface area (Å²) in [6.07, 6.45) is 0. The van der Waals surface area contributed by atoms with Crippen LogP contribution in [-0.4, -0.2) is 52.7 Å². The third-order valence-corrected chi connectivity index (χ3v) is 5.55. The van der Waals surface area contributed by atoms with Crippen molar-refractivity contribution in [2.75, 3.05) is 37.0 Å². The molecule has 2 heterocycles. The average molecular weight is 422 g/mol. The number of morpholine rings is 1. The van der Waals surface area contributed by atoms with Crippen LogP contribution in [-0.2, 0) is 22.6 Å². The highest BCUT2D eigenvalue weighted by molar-refractivity contribution is 7.99. The topological polar surface area (TPSA) is 72.3 Å². The van der Waals surface area contributed by atoms with E-state index in [4.69, 9.17) is 4.74 Å². The molecule has 0 saturated carbocycles. The Hall–Kier alpha value is -2.13. The number of carbonyl (C=O) groups excluding carboxylic acids is 1. The van der Waals surface area contributed by atoms with Crippen molar-refractivity contribution in [2.45, 2.75) is 39.0 Å². The number of aryl methyl sites for hydroxylation is 1. The standard InChI is InChI=1S/C20H28FN5O2S/c1-14(2)12-26-19(25-6-8-28-9-7-25)23-24-20(26)29-13-18(27)22-11-16-4-5-17(21)15(3)10-16/h4-5,10,14H,6-9,11-13H2,1-3H3,(H,22,27). The van der Waals surface area contributed by atoms with E-state index in [1.807, 2.05) is 0 Å². The van der Waals surface area contributed by atoms with Gasteiger partial charge in [0.25, 0.3) is 0 Å². The maximum absolute atomic E-state index is 13.4. The van der Waals surface area contributed by atoms with Gasteiger partial charge in [0.05, 0.1) is 19.0 Å². The highest BCUT2D eigenvalue weighted by Crippen LogP contribution is 2.24. The largest absolute Gasteiger partial charge is 0.378 e. The molecular weight excluding hydrogens is 393 g/mol. The van der Waals surface area contributed by atoms with Crippen LogP contribution in [0.15, 0.2) is 23.4 Å². The lowest BCUT2D eigenvalue weighted by Gasteiger charge is -2.28. The Morgan fingerprint density at radius 2 is 2.07 bits per heavy atom. The van der Waals surface area contributed by atoms with E-state index in [9.17, 15) is 9.18 Å². The van der Waals surface area contributed by atoms with Crippen molar-refractivity contribution >= 4 is 23.6 Å². The first-order valence-electron chi connectivity index (χ1n) is 9.84. The van der Waals surface area contributed by atoms with Crippen LogP contribution in [0.25, 0.3) is 0 Å². The van der Waals surface area contributed by atoms with Crippen molar-refractivity contribution in [1.82, 2.24) is 20.1 Å². The van der Waals surface area contributed by atoms with Crippen LogP contribution in [0, 0.1) is 18.7 Å². The molecule has 0 radical (unpaired) electrons. The Bertz CT molecular complexity index is 836. The molecule has 0 bridgehead atoms. The quantitative estimate of drug-likeness (QED) is 0.661. The van der Waals surface area contributed by atoms with Gasteiger partial charge in [0.1, 0.15) is 5.82 Å². The minimum absolute atomic E-state index is 0.0935. The molecule has 0 atom stereocenters. The first-order valence-corrected chi connectivity index (χ1v) is 10.8. The van der Waals surface area contributed by atoms with Crippen molar-refractivity contribution in [3.05, 3.63) is 35.1 Å². The van der Waals surface area contributed by atoms with Gasteiger partial charge in [-0.3, -0.25) is 9.36 Å². The summed E-state index contributed by atoms with van der Waals surface area (Å²) >= 11 is 1.38. The van der Waals surface area contributed by atoms with E-state index in [2.05, 4.69) is 38.8 Å². The van der Waals surface area contributed by atoms with Crippen LogP contribution in [0.3, 0.4) is 0 Å². The molecule has 9 heteroatoms. The number of rotatable bonds is 8. The van der Waals surface area contributed by atoms with Crippen LogP contribution in [0.4, 0.5) is 10.3 Å². The molecular formula is C20H28FN5O2S. The molecule has 1 aliphatic heterocycles. The van der Waals surface area contributed by atoms with Gasteiger partial charge in [-0.15, -0.1) is 10.2 Å². The van der Waals surface area contributed by atoms with Gasteiger partial charge >= 0.3 is 0 Å². The van der Waals surface area contributed by atoms with Crippen LogP contribution >= 0.6 is 11.8 Å². The molecule has 158 valence electrons. The van der Waals surface area contributed by atoms with E-state index >= 15 is 0 Å². The van der Waals surface area contributed by atoms with Crippen molar-refractivity contribution < 1.29 is 13.9 Å². The number of benzene rings is 1. The molecule has 0 aliphatic carbocycles. The van der Waals surface area contributed by atoms with Gasteiger partial charge in [-0.2, -0.15) is 0 Å². The molecule has 3 rings (SSSR count). The summed E-state index contributed by atoms with van der Waals surface area (Å²) in [5.74, 6) is 1.19. The maximum atomic E-state index is 13.4. The zero-order valence-electron chi connectivity index (χ0n) is 17.2. The van der Waals surface area contributed by atoms with E-state index < -0.39 is 0 Å². The monoisotopic (exact) mass is 421 g/mol. The van der Waals surface area contributed by atoms with Gasteiger partial charge in [-0.1, -0.05) is 37.7 Å². The van der Waals surface area contributed by atoms with Crippen LogP contribution < -0.4 is 10.2 Å². The first-order chi connectivity index (χ1) is 13.9. The van der Waals surface area contributed by atoms with E-state index in [1.54, 1.807) is 19.1 Å². The number of thioether (sulfide) groups is 1. The van der Waals surface area contributed by atoms with Crippen molar-refractivity contribution in [2.24, 2.45) is 5.92 Å². The summed E-state index contributed by atoms with van der Waals surface area (Å²) in [7, 11) is 0. The number of aromatic nitrogens is 3. The number of anilines is 1. The molecule has 1 amide bonds. The summed E-state index contributed by atoms with van der Waals surface area (Å²) in [6, 6.07) is 4.85. The first kappa shape index (κ1) is 21.6. The fraction of sp³-hybridized carbons (Fsp3) is 0.550. The third-order valence-electron chi connectivity index (χ3n) is 4.58. The summed E-state index contributed by atoms with van der Waals surface area (Å²) < 4.78 is 20.9. The maximum Gasteiger partial charge on any atom is 0.230 e. The molecule has 0 unspecified atom stereocenters. The molecule has 2 aromatic rings. The number of amides is 1. The second-order valence-electron chi connectivity index (χ2n) is 7.54. The SMILES string of the molecule is Cc1cc(CNC(=O)CSc2nnc(N3CCOCC3)n2CC(C)C)ccc1F. The Morgan fingerprint density at radius 3 is 2.76 bits per heavy atom. The molecule has 1 fully saturated rings. The minimum Gasteiger partial charge on any atom is -0.378 e. The summed E-state index contributed by atoms with van der Waals surface area (Å²) in [5, 5.41) is 12.3. The number of nitrogens with one attached hydrogen (secondary N) is 1. The van der Waals surface area contributed by atoms with E-state index in [0.29, 0.717) is 31.2 Å². The van der Waals surface area contributed by atoms with Gasteiger partial charge in [-0.05, 0) is 30.0 Å². The Balaban J connectivity index is 1.59. The van der Waals surface area contributed by atoms with Gasteiger partial charge in [-0.25, -0.2) is 4.39 Å². The number of ether oxygens (including phenoxy) is 1. The zero-order valence-corrected chi connectivity index (χ0v) is 18.0. The molecule has 1 aromatic carbocycles. The molecule has 1 N–H and O–H groups in total. The third kappa shape index (κ3) is 5.93. The van der Waals surface area contributed by atoms with Crippen LogP contribution in [0.2, 0.25) is 0 Å². The minimum atomic E-state index is -0.240. The van der Waals surface area contributed by atoms with Gasteiger partial charge in [0.15, 0.2) is 5.16 Å². The van der Waals surface area contributed by atoms with Gasteiger partial charge in [0, 0.05) is 26.2 Å². The van der Waals surface area contributed by atoms with Crippen molar-refractivity contribution in [3.8, 4) is 0 Å². The normalized spacial score (nSPS) is 14.4. The van der Waals surface area contributed by atoms with E-state index in [1.165, 1.54) is 17.8 Å². The molecule has 29 heavy (non-hydrogen) atoms. The average Bonchev–Trinajstić information content (AvgIpc) is 3.09. The van der Waals surface area contributed by atoms with E-state index in [0.717, 1.165) is 36.3 Å². The molecule has 7 nitrogen and oxygen atoms in total. The molecule has 0 spiro atoms. The van der Waals surface area contributed by atoms with Gasteiger partial charge < -0.3 is 15.0 Å². The smallest absolute Gasteiger partial charge is 0.230 e. The second kappa shape index (κ2) is 10.1. The Morgan fingerprint density at radius 1 is 1.31 bits per heavy atom. The molecule has 1 aromatic heterocycles. The molecule has 1 aliphatic rings. The number of halogens is 1. The lowest BCUT2D eigenvalue weighted by Crippen LogP contribution is -2.38. The van der Waals surface area contributed by atoms with Crippen molar-refractivity contribution in [1.29, 1.82) is 0 Å². The van der Waals surface area contributed by atoms with E-state index in [-0.39, 0.29) is 17.5 Å². The lowest BCUT2D eigenvalue weighted by molar-refractivity contribution is -0.118. The van der Waals surface area contributed by atoms with Gasteiger partial charge in [0.2, 0.25) is 11.9 Å². The second-order valence-corrected chi connectivity index (χ2v) is 8.48. The highest BCUT2D eigenvalue weighted by Gasteiger charge is 2.21. The summed E-state index contributed by atoms with van der Waals surface area (Å²) in [6.45, 7) is 10.1. The summed E-state index contributed by atoms with van der Waals surface area (Å²) in [5.41, 5.74) is 1.45. The summed E-state index contributed by atoms with van der Waals surface area (Å²) in [4.78, 5) is 14.5. The number of hydrogen-bond donors (Lipinski definition) is 1. The Kier molecular flexibility index (Phi) is 7.49. The Labute approximate surface area is 175 Å². The van der Waals surface area contributed by atoms with Crippen LogP contribution in [0.1, 0.15) is 25.0 Å². The predicted octanol–water partition coefficient (Wildman–Crippen LogP) is 2.63. The fourth-order valence-corrected chi connectivity index (χ4v) is 3.88. The molecule has 1 saturated heterocycles. The number of nitrogens with zero attached hydrogens (tertiary/aromatic N) is 4. The zero-order chi connectivity index (χ0) is 20.8. The lowest BCUT2D eigenvalue weighted by atomic mass is 10.1.